The molecule has 2 aromatic carbocycles. The molecule has 0 aromatic heterocycles. The largest absolute Gasteiger partial charge is 0.493 e. The van der Waals surface area contributed by atoms with Gasteiger partial charge in [0.05, 0.1) is 40.6 Å². The lowest BCUT2D eigenvalue weighted by atomic mass is 9.77. The molecular formula is C23H26O7. The van der Waals surface area contributed by atoms with Crippen molar-refractivity contribution in [2.75, 3.05) is 35.2 Å². The Labute approximate surface area is 175 Å². The van der Waals surface area contributed by atoms with E-state index in [1.54, 1.807) is 28.4 Å². The lowest BCUT2D eigenvalue weighted by Gasteiger charge is -2.27. The van der Waals surface area contributed by atoms with Gasteiger partial charge in [0.2, 0.25) is 18.3 Å². The summed E-state index contributed by atoms with van der Waals surface area (Å²) in [5, 5.41) is 0. The highest BCUT2D eigenvalue weighted by molar-refractivity contribution is 5.89. The number of benzene rings is 2. The molecule has 0 amide bonds. The molecule has 0 N–H and O–H groups in total. The van der Waals surface area contributed by atoms with E-state index in [0.29, 0.717) is 46.3 Å². The molecule has 1 saturated heterocycles. The fourth-order valence-corrected chi connectivity index (χ4v) is 5.04. The van der Waals surface area contributed by atoms with Crippen LogP contribution in [0.3, 0.4) is 0 Å². The van der Waals surface area contributed by atoms with Gasteiger partial charge < -0.3 is 33.2 Å². The van der Waals surface area contributed by atoms with Crippen LogP contribution in [0.4, 0.5) is 0 Å². The molecule has 0 spiro atoms. The number of hydrogen-bond acceptors (Lipinski definition) is 7. The normalized spacial score (nSPS) is 25.3. The third kappa shape index (κ3) is 2.35. The Kier molecular flexibility index (Phi) is 4.39. The van der Waals surface area contributed by atoms with E-state index in [9.17, 15) is 0 Å². The second-order valence-corrected chi connectivity index (χ2v) is 7.91. The standard InChI is InChI=1S/C23H26O7/c1-10-11(2)19-13-8-15-21(29-9-28-15)23(27-6)17(13)16-12(18(10)30-19)7-14(24-3)20(25-4)22(16)26-5/h7-8,10-11,18-19H,9H2,1-6H3/t10-,11-,18-,19+/m0/s1. The molecule has 3 aliphatic heterocycles. The zero-order valence-corrected chi connectivity index (χ0v) is 18.0. The Morgan fingerprint density at radius 3 is 1.93 bits per heavy atom. The average molecular weight is 414 g/mol. The molecule has 3 heterocycles. The van der Waals surface area contributed by atoms with Crippen LogP contribution < -0.4 is 28.4 Å². The van der Waals surface area contributed by atoms with E-state index in [1.807, 2.05) is 12.1 Å². The van der Waals surface area contributed by atoms with Crippen molar-refractivity contribution in [2.45, 2.75) is 26.1 Å². The molecule has 0 unspecified atom stereocenters. The SMILES string of the molecule is COc1cc2c(c(OC)c1OC)-c1c(cc3c(c1OC)OCO3)[C@@H]1O[C@H]2[C@@H](C)[C@@H]1C. The topological polar surface area (TPSA) is 64.6 Å². The van der Waals surface area contributed by atoms with E-state index in [1.165, 1.54) is 0 Å². The van der Waals surface area contributed by atoms with Gasteiger partial charge in [-0.15, -0.1) is 0 Å². The Hall–Kier alpha value is -2.80. The molecular weight excluding hydrogens is 388 g/mol. The summed E-state index contributed by atoms with van der Waals surface area (Å²) >= 11 is 0. The van der Waals surface area contributed by atoms with Crippen molar-refractivity contribution in [1.82, 2.24) is 0 Å². The lowest BCUT2D eigenvalue weighted by Crippen LogP contribution is -2.15. The number of fused-ring (bicyclic) bond motifs is 8. The summed E-state index contributed by atoms with van der Waals surface area (Å²) in [5.74, 6) is 4.18. The minimum Gasteiger partial charge on any atom is -0.493 e. The van der Waals surface area contributed by atoms with Gasteiger partial charge in [-0.05, 0) is 35.1 Å². The van der Waals surface area contributed by atoms with E-state index in [4.69, 9.17) is 33.2 Å². The quantitative estimate of drug-likeness (QED) is 0.729. The van der Waals surface area contributed by atoms with Crippen molar-refractivity contribution in [3.63, 3.8) is 0 Å². The third-order valence-electron chi connectivity index (χ3n) is 6.66. The smallest absolute Gasteiger partial charge is 0.231 e. The minimum absolute atomic E-state index is 0.113. The van der Waals surface area contributed by atoms with Gasteiger partial charge in [0.25, 0.3) is 0 Å². The first-order chi connectivity index (χ1) is 14.5. The summed E-state index contributed by atoms with van der Waals surface area (Å²) in [6, 6.07) is 4.01. The van der Waals surface area contributed by atoms with Crippen molar-refractivity contribution >= 4 is 0 Å². The van der Waals surface area contributed by atoms with Gasteiger partial charge in [-0.25, -0.2) is 0 Å². The molecule has 160 valence electrons. The minimum atomic E-state index is -0.123. The van der Waals surface area contributed by atoms with E-state index < -0.39 is 0 Å². The van der Waals surface area contributed by atoms with Gasteiger partial charge in [0.15, 0.2) is 23.0 Å². The van der Waals surface area contributed by atoms with E-state index in [-0.39, 0.29) is 19.0 Å². The predicted octanol–water partition coefficient (Wildman–Crippen LogP) is 4.51. The van der Waals surface area contributed by atoms with Crippen LogP contribution in [-0.4, -0.2) is 35.2 Å². The Morgan fingerprint density at radius 2 is 1.33 bits per heavy atom. The number of methoxy groups -OCH3 is 4. The Bertz CT molecular complexity index is 1020. The third-order valence-corrected chi connectivity index (χ3v) is 6.66. The predicted molar refractivity (Wildman–Crippen MR) is 109 cm³/mol. The summed E-state index contributed by atoms with van der Waals surface area (Å²) in [4.78, 5) is 0. The van der Waals surface area contributed by atoms with Crippen molar-refractivity contribution < 1.29 is 33.2 Å². The molecule has 4 atom stereocenters. The van der Waals surface area contributed by atoms with Crippen molar-refractivity contribution in [1.29, 1.82) is 0 Å². The van der Waals surface area contributed by atoms with Crippen LogP contribution in [0.25, 0.3) is 11.1 Å². The van der Waals surface area contributed by atoms with E-state index in [2.05, 4.69) is 13.8 Å². The number of rotatable bonds is 4. The van der Waals surface area contributed by atoms with Crippen LogP contribution in [0.2, 0.25) is 0 Å². The van der Waals surface area contributed by atoms with Crippen LogP contribution in [0.15, 0.2) is 12.1 Å². The summed E-state index contributed by atoms with van der Waals surface area (Å²) in [6.45, 7) is 4.60. The van der Waals surface area contributed by atoms with Crippen molar-refractivity contribution in [2.24, 2.45) is 11.8 Å². The first-order valence-corrected chi connectivity index (χ1v) is 10.0. The molecule has 30 heavy (non-hydrogen) atoms. The molecule has 2 bridgehead atoms. The van der Waals surface area contributed by atoms with Gasteiger partial charge in [-0.3, -0.25) is 0 Å². The fourth-order valence-electron chi connectivity index (χ4n) is 5.04. The zero-order valence-electron chi connectivity index (χ0n) is 18.0. The molecule has 7 heteroatoms. The molecule has 0 radical (unpaired) electrons. The summed E-state index contributed by atoms with van der Waals surface area (Å²) < 4.78 is 41.2. The van der Waals surface area contributed by atoms with Crippen LogP contribution >= 0.6 is 0 Å². The van der Waals surface area contributed by atoms with Crippen LogP contribution in [0, 0.1) is 11.8 Å². The highest BCUT2D eigenvalue weighted by Crippen LogP contribution is 2.64. The van der Waals surface area contributed by atoms with Crippen molar-refractivity contribution in [3.05, 3.63) is 23.3 Å². The first-order valence-electron chi connectivity index (χ1n) is 10.0. The highest BCUT2D eigenvalue weighted by Gasteiger charge is 2.48. The fraction of sp³-hybridized carbons (Fsp3) is 0.478. The molecule has 7 nitrogen and oxygen atoms in total. The molecule has 1 fully saturated rings. The van der Waals surface area contributed by atoms with Gasteiger partial charge in [-0.1, -0.05) is 13.8 Å². The summed E-state index contributed by atoms with van der Waals surface area (Å²) in [5.41, 5.74) is 3.76. The number of hydrogen-bond donors (Lipinski definition) is 0. The summed E-state index contributed by atoms with van der Waals surface area (Å²) in [6.07, 6.45) is -0.236. The van der Waals surface area contributed by atoms with Crippen LogP contribution in [-0.2, 0) is 4.74 Å². The maximum atomic E-state index is 6.63. The first kappa shape index (κ1) is 19.2. The van der Waals surface area contributed by atoms with Crippen molar-refractivity contribution in [3.8, 4) is 45.6 Å². The van der Waals surface area contributed by atoms with Gasteiger partial charge in [0, 0.05) is 11.1 Å². The lowest BCUT2D eigenvalue weighted by molar-refractivity contribution is 0.0312. The molecule has 5 rings (SSSR count). The molecule has 0 saturated carbocycles. The average Bonchev–Trinajstić information content (AvgIpc) is 3.31. The summed E-state index contributed by atoms with van der Waals surface area (Å²) in [7, 11) is 6.50. The molecule has 2 aromatic rings. The van der Waals surface area contributed by atoms with Gasteiger partial charge >= 0.3 is 0 Å². The van der Waals surface area contributed by atoms with Gasteiger partial charge in [-0.2, -0.15) is 0 Å². The van der Waals surface area contributed by atoms with E-state index >= 15 is 0 Å². The molecule has 0 aliphatic carbocycles. The monoisotopic (exact) mass is 414 g/mol. The second kappa shape index (κ2) is 6.87. The van der Waals surface area contributed by atoms with Crippen LogP contribution in [0.1, 0.15) is 37.2 Å². The maximum absolute atomic E-state index is 6.63. The molecule has 3 aliphatic rings. The Balaban J connectivity index is 1.94. The zero-order chi connectivity index (χ0) is 21.2. The maximum Gasteiger partial charge on any atom is 0.231 e. The number of ether oxygens (including phenoxy) is 7. The second-order valence-electron chi connectivity index (χ2n) is 7.91. The van der Waals surface area contributed by atoms with E-state index in [0.717, 1.165) is 22.3 Å². The van der Waals surface area contributed by atoms with Crippen LogP contribution in [0.5, 0.6) is 34.5 Å². The highest BCUT2D eigenvalue weighted by atomic mass is 16.7. The van der Waals surface area contributed by atoms with Gasteiger partial charge in [0.1, 0.15) is 0 Å². The Morgan fingerprint density at radius 1 is 0.733 bits per heavy atom.